The van der Waals surface area contributed by atoms with E-state index in [1.54, 1.807) is 0 Å². The molecule has 0 bridgehead atoms. The Morgan fingerprint density at radius 1 is 1.29 bits per heavy atom. The van der Waals surface area contributed by atoms with Crippen LogP contribution >= 0.6 is 0 Å². The molecule has 0 saturated carbocycles. The topological polar surface area (TPSA) is 28.2 Å². The Morgan fingerprint density at radius 3 is 2.52 bits per heavy atom. The number of nitrogens with zero attached hydrogens (tertiary/aromatic N) is 2. The van der Waals surface area contributed by atoms with E-state index in [-0.39, 0.29) is 12.8 Å². The number of hydrogen-bond acceptors (Lipinski definition) is 3. The lowest BCUT2D eigenvalue weighted by molar-refractivity contribution is -0.179. The fraction of sp³-hybridized carbons (Fsp3) is 0.667. The van der Waals surface area contributed by atoms with Crippen molar-refractivity contribution in [2.24, 2.45) is 5.92 Å². The van der Waals surface area contributed by atoms with Crippen LogP contribution in [-0.2, 0) is 6.54 Å². The molecule has 1 saturated heterocycles. The first-order valence-electron chi connectivity index (χ1n) is 7.40. The molecule has 0 atom stereocenters. The first-order valence-corrected chi connectivity index (χ1v) is 7.40. The third kappa shape index (κ3) is 4.33. The van der Waals surface area contributed by atoms with Crippen molar-refractivity contribution in [1.29, 1.82) is 0 Å². The Bertz CT molecular complexity index is 466. The van der Waals surface area contributed by atoms with Gasteiger partial charge in [0.25, 0.3) is 0 Å². The molecule has 2 heterocycles. The van der Waals surface area contributed by atoms with Crippen LogP contribution < -0.4 is 10.2 Å². The minimum atomic E-state index is -4.07. The van der Waals surface area contributed by atoms with Crippen molar-refractivity contribution in [3.8, 4) is 0 Å². The molecule has 21 heavy (non-hydrogen) atoms. The van der Waals surface area contributed by atoms with Crippen LogP contribution in [0, 0.1) is 12.8 Å². The van der Waals surface area contributed by atoms with Gasteiger partial charge in [0.05, 0.1) is 5.92 Å². The number of anilines is 1. The van der Waals surface area contributed by atoms with Crippen molar-refractivity contribution in [3.05, 3.63) is 23.4 Å². The SMILES string of the molecule is CCNCc1cc(C)nc(N2CCC(C(F)(F)F)CC2)c1. The average molecular weight is 301 g/mol. The summed E-state index contributed by atoms with van der Waals surface area (Å²) in [4.78, 5) is 6.43. The van der Waals surface area contributed by atoms with Gasteiger partial charge in [-0.3, -0.25) is 0 Å². The Morgan fingerprint density at radius 2 is 1.95 bits per heavy atom. The summed E-state index contributed by atoms with van der Waals surface area (Å²) in [6.45, 7) is 6.43. The maximum absolute atomic E-state index is 12.7. The van der Waals surface area contributed by atoms with Crippen LogP contribution in [0.15, 0.2) is 12.1 Å². The van der Waals surface area contributed by atoms with Gasteiger partial charge in [-0.2, -0.15) is 13.2 Å². The molecule has 1 N–H and O–H groups in total. The summed E-state index contributed by atoms with van der Waals surface area (Å²) in [5, 5.41) is 3.25. The average Bonchev–Trinajstić information content (AvgIpc) is 2.44. The minimum Gasteiger partial charge on any atom is -0.357 e. The molecular weight excluding hydrogens is 279 g/mol. The highest BCUT2D eigenvalue weighted by Gasteiger charge is 2.41. The second-order valence-corrected chi connectivity index (χ2v) is 5.56. The fourth-order valence-electron chi connectivity index (χ4n) is 2.69. The highest BCUT2D eigenvalue weighted by Crippen LogP contribution is 2.35. The molecule has 118 valence electrons. The number of piperidine rings is 1. The first-order chi connectivity index (χ1) is 9.90. The first kappa shape index (κ1) is 16.1. The number of alkyl halides is 3. The van der Waals surface area contributed by atoms with Gasteiger partial charge >= 0.3 is 6.18 Å². The molecule has 0 unspecified atom stereocenters. The Balaban J connectivity index is 2.04. The van der Waals surface area contributed by atoms with Gasteiger partial charge in [-0.25, -0.2) is 4.98 Å². The monoisotopic (exact) mass is 301 g/mol. The second kappa shape index (κ2) is 6.64. The normalized spacial score (nSPS) is 17.3. The zero-order valence-corrected chi connectivity index (χ0v) is 12.5. The molecule has 1 aromatic rings. The lowest BCUT2D eigenvalue weighted by Crippen LogP contribution is -2.39. The third-order valence-electron chi connectivity index (χ3n) is 3.86. The summed E-state index contributed by atoms with van der Waals surface area (Å²) >= 11 is 0. The van der Waals surface area contributed by atoms with Gasteiger partial charge in [-0.1, -0.05) is 6.92 Å². The predicted octanol–water partition coefficient (Wildman–Crippen LogP) is 3.28. The van der Waals surface area contributed by atoms with Crippen molar-refractivity contribution in [2.75, 3.05) is 24.5 Å². The van der Waals surface area contributed by atoms with Crippen molar-refractivity contribution in [1.82, 2.24) is 10.3 Å². The summed E-state index contributed by atoms with van der Waals surface area (Å²) in [5.41, 5.74) is 2.02. The predicted molar refractivity (Wildman–Crippen MR) is 77.3 cm³/mol. The molecule has 3 nitrogen and oxygen atoms in total. The molecule has 0 aliphatic carbocycles. The lowest BCUT2D eigenvalue weighted by Gasteiger charge is -2.34. The van der Waals surface area contributed by atoms with Crippen molar-refractivity contribution in [3.63, 3.8) is 0 Å². The van der Waals surface area contributed by atoms with Crippen LogP contribution in [0.2, 0.25) is 0 Å². The van der Waals surface area contributed by atoms with Crippen LogP contribution in [0.4, 0.5) is 19.0 Å². The standard InChI is InChI=1S/C15H22F3N3/c1-3-19-10-12-8-11(2)20-14(9-12)21-6-4-13(5-7-21)15(16,17)18/h8-9,13,19H,3-7,10H2,1-2H3. The zero-order chi connectivity index (χ0) is 15.5. The van der Waals surface area contributed by atoms with Gasteiger partial charge in [-0.05, 0) is 44.0 Å². The molecule has 2 rings (SSSR count). The van der Waals surface area contributed by atoms with E-state index in [2.05, 4.69) is 10.3 Å². The van der Waals surface area contributed by atoms with Crippen LogP contribution in [0.3, 0.4) is 0 Å². The lowest BCUT2D eigenvalue weighted by atomic mass is 9.96. The number of rotatable bonds is 4. The van der Waals surface area contributed by atoms with E-state index in [9.17, 15) is 13.2 Å². The number of aromatic nitrogens is 1. The fourth-order valence-corrected chi connectivity index (χ4v) is 2.69. The highest BCUT2D eigenvalue weighted by molar-refractivity contribution is 5.43. The van der Waals surface area contributed by atoms with E-state index in [1.807, 2.05) is 30.9 Å². The molecule has 0 radical (unpaired) electrons. The number of pyridine rings is 1. The van der Waals surface area contributed by atoms with Gasteiger partial charge in [0.15, 0.2) is 0 Å². The Hall–Kier alpha value is -1.30. The molecule has 1 aromatic heterocycles. The quantitative estimate of drug-likeness (QED) is 0.925. The minimum absolute atomic E-state index is 0.154. The van der Waals surface area contributed by atoms with Crippen LogP contribution in [0.25, 0.3) is 0 Å². The van der Waals surface area contributed by atoms with Crippen LogP contribution in [0.1, 0.15) is 31.0 Å². The summed E-state index contributed by atoms with van der Waals surface area (Å²) in [6.07, 6.45) is -3.76. The summed E-state index contributed by atoms with van der Waals surface area (Å²) in [6, 6.07) is 3.98. The third-order valence-corrected chi connectivity index (χ3v) is 3.86. The molecule has 1 fully saturated rings. The summed E-state index contributed by atoms with van der Waals surface area (Å²) < 4.78 is 38.1. The van der Waals surface area contributed by atoms with E-state index in [4.69, 9.17) is 0 Å². The van der Waals surface area contributed by atoms with Crippen LogP contribution in [0.5, 0.6) is 0 Å². The molecule has 1 aliphatic heterocycles. The van der Waals surface area contributed by atoms with E-state index in [0.29, 0.717) is 13.1 Å². The highest BCUT2D eigenvalue weighted by atomic mass is 19.4. The van der Waals surface area contributed by atoms with Crippen LogP contribution in [-0.4, -0.2) is 30.8 Å². The molecule has 0 amide bonds. The smallest absolute Gasteiger partial charge is 0.357 e. The van der Waals surface area contributed by atoms with E-state index >= 15 is 0 Å². The Kier molecular flexibility index (Phi) is 5.08. The number of halogens is 3. The second-order valence-electron chi connectivity index (χ2n) is 5.56. The zero-order valence-electron chi connectivity index (χ0n) is 12.5. The molecule has 6 heteroatoms. The Labute approximate surface area is 123 Å². The van der Waals surface area contributed by atoms with Crippen molar-refractivity contribution < 1.29 is 13.2 Å². The maximum Gasteiger partial charge on any atom is 0.391 e. The van der Waals surface area contributed by atoms with Crippen molar-refractivity contribution in [2.45, 2.75) is 39.4 Å². The number of nitrogens with one attached hydrogen (secondary N) is 1. The van der Waals surface area contributed by atoms with E-state index in [1.165, 1.54) is 0 Å². The molecule has 0 spiro atoms. The molecule has 1 aliphatic rings. The maximum atomic E-state index is 12.7. The summed E-state index contributed by atoms with van der Waals surface area (Å²) in [7, 11) is 0. The van der Waals surface area contributed by atoms with Gasteiger partial charge < -0.3 is 10.2 Å². The van der Waals surface area contributed by atoms with E-state index < -0.39 is 12.1 Å². The van der Waals surface area contributed by atoms with Crippen molar-refractivity contribution >= 4 is 5.82 Å². The molecule has 0 aromatic carbocycles. The summed E-state index contributed by atoms with van der Waals surface area (Å²) in [5.74, 6) is -0.372. The number of hydrogen-bond donors (Lipinski definition) is 1. The number of aryl methyl sites for hydroxylation is 1. The molecular formula is C15H22F3N3. The van der Waals surface area contributed by atoms with E-state index in [0.717, 1.165) is 30.2 Å². The van der Waals surface area contributed by atoms with Gasteiger partial charge in [0.2, 0.25) is 0 Å². The van der Waals surface area contributed by atoms with Gasteiger partial charge in [-0.15, -0.1) is 0 Å². The van der Waals surface area contributed by atoms with Gasteiger partial charge in [0.1, 0.15) is 5.82 Å². The van der Waals surface area contributed by atoms with Gasteiger partial charge in [0, 0.05) is 25.3 Å². The largest absolute Gasteiger partial charge is 0.391 e.